The topological polar surface area (TPSA) is 72.2 Å². The van der Waals surface area contributed by atoms with E-state index in [9.17, 15) is 14.9 Å². The highest BCUT2D eigenvalue weighted by Crippen LogP contribution is 2.22. The second kappa shape index (κ2) is 5.73. The third-order valence-corrected chi connectivity index (χ3v) is 3.34. The molecular formula is C13H16N2O3. The summed E-state index contributed by atoms with van der Waals surface area (Å²) in [6.07, 6.45) is 1.83. The summed E-state index contributed by atoms with van der Waals surface area (Å²) in [6, 6.07) is 6.73. The molecule has 0 amide bonds. The lowest BCUT2D eigenvalue weighted by atomic mass is 9.91. The molecule has 5 nitrogen and oxygen atoms in total. The Kier molecular flexibility index (Phi) is 4.04. The summed E-state index contributed by atoms with van der Waals surface area (Å²) in [4.78, 5) is 22.2. The van der Waals surface area contributed by atoms with Gasteiger partial charge in [0, 0.05) is 37.1 Å². The highest BCUT2D eigenvalue weighted by atomic mass is 16.6. The van der Waals surface area contributed by atoms with E-state index in [1.54, 1.807) is 18.2 Å². The van der Waals surface area contributed by atoms with Gasteiger partial charge >= 0.3 is 0 Å². The Morgan fingerprint density at radius 1 is 1.39 bits per heavy atom. The minimum atomic E-state index is -0.365. The number of carbonyl (C=O) groups is 1. The van der Waals surface area contributed by atoms with Gasteiger partial charge < -0.3 is 5.32 Å². The molecule has 18 heavy (non-hydrogen) atoms. The van der Waals surface area contributed by atoms with Crippen LogP contribution >= 0.6 is 0 Å². The maximum absolute atomic E-state index is 11.7. The van der Waals surface area contributed by atoms with Crippen molar-refractivity contribution in [3.8, 4) is 0 Å². The average Bonchev–Trinajstić information content (AvgIpc) is 2.38. The van der Waals surface area contributed by atoms with Crippen molar-refractivity contribution in [3.05, 3.63) is 39.9 Å². The van der Waals surface area contributed by atoms with Crippen molar-refractivity contribution in [1.29, 1.82) is 0 Å². The third-order valence-electron chi connectivity index (χ3n) is 3.34. The zero-order valence-electron chi connectivity index (χ0n) is 10.1. The van der Waals surface area contributed by atoms with Crippen LogP contribution in [0.25, 0.3) is 0 Å². The number of nitrogens with one attached hydrogen (secondary N) is 1. The second-order valence-electron chi connectivity index (χ2n) is 4.54. The third kappa shape index (κ3) is 2.92. The highest BCUT2D eigenvalue weighted by Gasteiger charge is 2.22. The van der Waals surface area contributed by atoms with Crippen LogP contribution in [-0.2, 0) is 11.2 Å². The molecule has 0 aromatic heterocycles. The van der Waals surface area contributed by atoms with Crippen LogP contribution in [0.5, 0.6) is 0 Å². The molecule has 1 saturated heterocycles. The number of Topliss-reactive ketones (excluding diaryl/α,β-unsaturated/α-hetero) is 1. The van der Waals surface area contributed by atoms with E-state index in [0.717, 1.165) is 6.54 Å². The molecule has 1 aromatic rings. The number of rotatable bonds is 4. The van der Waals surface area contributed by atoms with E-state index >= 15 is 0 Å². The monoisotopic (exact) mass is 248 g/mol. The van der Waals surface area contributed by atoms with E-state index in [-0.39, 0.29) is 22.3 Å². The molecule has 1 atom stereocenters. The molecule has 2 rings (SSSR count). The van der Waals surface area contributed by atoms with E-state index in [1.807, 2.05) is 0 Å². The Hall–Kier alpha value is -1.75. The summed E-state index contributed by atoms with van der Waals surface area (Å²) in [5, 5.41) is 14.0. The quantitative estimate of drug-likeness (QED) is 0.650. The van der Waals surface area contributed by atoms with Crippen molar-refractivity contribution in [3.63, 3.8) is 0 Å². The summed E-state index contributed by atoms with van der Waals surface area (Å²) in [6.45, 7) is 1.44. The molecule has 1 N–H and O–H groups in total. The molecule has 0 aliphatic carbocycles. The van der Waals surface area contributed by atoms with Gasteiger partial charge in [-0.05, 0) is 12.8 Å². The molecule has 0 spiro atoms. The zero-order chi connectivity index (χ0) is 13.0. The molecular weight excluding hydrogens is 232 g/mol. The van der Waals surface area contributed by atoms with Crippen LogP contribution in [0.1, 0.15) is 18.4 Å². The first-order valence-corrected chi connectivity index (χ1v) is 6.14. The summed E-state index contributed by atoms with van der Waals surface area (Å²) in [5.41, 5.74) is 0.856. The first kappa shape index (κ1) is 12.7. The number of hydrogen-bond acceptors (Lipinski definition) is 4. The number of carbonyl (C=O) groups excluding carboxylic acids is 1. The standard InChI is InChI=1S/C13H16N2O3/c16-13-7-8-14-9-11(13)6-5-10-3-1-2-4-12(10)15(17)18/h1-4,11,14H,5-9H2. The summed E-state index contributed by atoms with van der Waals surface area (Å²) < 4.78 is 0. The number of hydrogen-bond donors (Lipinski definition) is 1. The lowest BCUT2D eigenvalue weighted by Gasteiger charge is -2.21. The highest BCUT2D eigenvalue weighted by molar-refractivity contribution is 5.82. The summed E-state index contributed by atoms with van der Waals surface area (Å²) in [5.74, 6) is 0.269. The van der Waals surface area contributed by atoms with Crippen LogP contribution in [0.3, 0.4) is 0 Å². The molecule has 1 aromatic carbocycles. The normalized spacial score (nSPS) is 19.8. The van der Waals surface area contributed by atoms with Gasteiger partial charge in [0.05, 0.1) is 4.92 Å². The molecule has 0 bridgehead atoms. The molecule has 1 aliphatic rings. The SMILES string of the molecule is O=C1CCNCC1CCc1ccccc1[N+](=O)[O-]. The van der Waals surface area contributed by atoms with Crippen LogP contribution < -0.4 is 5.32 Å². The summed E-state index contributed by atoms with van der Waals surface area (Å²) >= 11 is 0. The van der Waals surface area contributed by atoms with Crippen molar-refractivity contribution in [2.24, 2.45) is 5.92 Å². The average molecular weight is 248 g/mol. The molecule has 1 aliphatic heterocycles. The van der Waals surface area contributed by atoms with Gasteiger partial charge in [-0.15, -0.1) is 0 Å². The molecule has 5 heteroatoms. The smallest absolute Gasteiger partial charge is 0.272 e. The van der Waals surface area contributed by atoms with E-state index in [2.05, 4.69) is 5.32 Å². The van der Waals surface area contributed by atoms with Crippen LogP contribution in [0.2, 0.25) is 0 Å². The fourth-order valence-corrected chi connectivity index (χ4v) is 2.30. The largest absolute Gasteiger partial charge is 0.316 e. The number of aryl methyl sites for hydroxylation is 1. The molecule has 1 unspecified atom stereocenters. The van der Waals surface area contributed by atoms with Gasteiger partial charge in [0.15, 0.2) is 0 Å². The van der Waals surface area contributed by atoms with Gasteiger partial charge in [0.1, 0.15) is 5.78 Å². The maximum atomic E-state index is 11.7. The molecule has 0 saturated carbocycles. The minimum Gasteiger partial charge on any atom is -0.316 e. The van der Waals surface area contributed by atoms with E-state index in [0.29, 0.717) is 31.4 Å². The predicted molar refractivity (Wildman–Crippen MR) is 67.4 cm³/mol. The molecule has 1 fully saturated rings. The van der Waals surface area contributed by atoms with Crippen molar-refractivity contribution < 1.29 is 9.72 Å². The Morgan fingerprint density at radius 3 is 2.89 bits per heavy atom. The Labute approximate surface area is 105 Å². The van der Waals surface area contributed by atoms with Gasteiger partial charge in [0.2, 0.25) is 0 Å². The van der Waals surface area contributed by atoms with Crippen LogP contribution in [0, 0.1) is 16.0 Å². The van der Waals surface area contributed by atoms with Gasteiger partial charge in [-0.1, -0.05) is 18.2 Å². The number of ketones is 1. The van der Waals surface area contributed by atoms with E-state index in [1.165, 1.54) is 6.07 Å². The zero-order valence-corrected chi connectivity index (χ0v) is 10.1. The fourth-order valence-electron chi connectivity index (χ4n) is 2.30. The maximum Gasteiger partial charge on any atom is 0.272 e. The van der Waals surface area contributed by atoms with Crippen LogP contribution in [0.4, 0.5) is 5.69 Å². The lowest BCUT2D eigenvalue weighted by molar-refractivity contribution is -0.385. The van der Waals surface area contributed by atoms with Crippen molar-refractivity contribution >= 4 is 11.5 Å². The number of para-hydroxylation sites is 1. The van der Waals surface area contributed by atoms with E-state index in [4.69, 9.17) is 0 Å². The Morgan fingerprint density at radius 2 is 2.17 bits per heavy atom. The van der Waals surface area contributed by atoms with Crippen molar-refractivity contribution in [2.75, 3.05) is 13.1 Å². The number of benzene rings is 1. The van der Waals surface area contributed by atoms with Gasteiger partial charge in [0.25, 0.3) is 5.69 Å². The lowest BCUT2D eigenvalue weighted by Crippen LogP contribution is -2.37. The molecule has 96 valence electrons. The Balaban J connectivity index is 2.01. The molecule has 0 radical (unpaired) electrons. The Bertz CT molecular complexity index is 459. The van der Waals surface area contributed by atoms with Crippen molar-refractivity contribution in [2.45, 2.75) is 19.3 Å². The summed E-state index contributed by atoms with van der Waals surface area (Å²) in [7, 11) is 0. The first-order chi connectivity index (χ1) is 8.68. The van der Waals surface area contributed by atoms with Crippen LogP contribution in [0.15, 0.2) is 24.3 Å². The number of piperidine rings is 1. The minimum absolute atomic E-state index is 0.00133. The molecule has 1 heterocycles. The fraction of sp³-hybridized carbons (Fsp3) is 0.462. The van der Waals surface area contributed by atoms with Gasteiger partial charge in [-0.3, -0.25) is 14.9 Å². The van der Waals surface area contributed by atoms with Crippen LogP contribution in [-0.4, -0.2) is 23.8 Å². The van der Waals surface area contributed by atoms with Gasteiger partial charge in [-0.2, -0.15) is 0 Å². The predicted octanol–water partition coefficient (Wildman–Crippen LogP) is 1.71. The number of nitrogens with zero attached hydrogens (tertiary/aromatic N) is 1. The number of nitro benzene ring substituents is 1. The number of nitro groups is 1. The van der Waals surface area contributed by atoms with Gasteiger partial charge in [-0.25, -0.2) is 0 Å². The van der Waals surface area contributed by atoms with E-state index < -0.39 is 0 Å². The van der Waals surface area contributed by atoms with Crippen molar-refractivity contribution in [1.82, 2.24) is 5.32 Å². The first-order valence-electron chi connectivity index (χ1n) is 6.14. The second-order valence-corrected chi connectivity index (χ2v) is 4.54.